The molecule has 0 spiro atoms. The summed E-state index contributed by atoms with van der Waals surface area (Å²) in [6.07, 6.45) is 0. The number of anilines is 3. The van der Waals surface area contributed by atoms with E-state index >= 15 is 0 Å². The molecule has 0 aliphatic heterocycles. The Balaban J connectivity index is 1.55. The van der Waals surface area contributed by atoms with Crippen LogP contribution >= 0.6 is 23.2 Å². The van der Waals surface area contributed by atoms with Crippen LogP contribution in [0.25, 0.3) is 0 Å². The maximum Gasteiger partial charge on any atom is 0.264 e. The number of aryl methyl sites for hydroxylation is 2. The lowest BCUT2D eigenvalue weighted by Crippen LogP contribution is -2.38. The molecular formula is C28H25Cl2N3O5S2. The van der Waals surface area contributed by atoms with Gasteiger partial charge in [0.05, 0.1) is 31.2 Å². The van der Waals surface area contributed by atoms with Crippen molar-refractivity contribution in [1.82, 2.24) is 0 Å². The molecule has 12 heteroatoms. The van der Waals surface area contributed by atoms with Crippen LogP contribution in [-0.2, 0) is 24.8 Å². The van der Waals surface area contributed by atoms with Crippen molar-refractivity contribution in [2.45, 2.75) is 23.6 Å². The Morgan fingerprint density at radius 2 is 1.40 bits per heavy atom. The van der Waals surface area contributed by atoms with Crippen LogP contribution in [0.4, 0.5) is 17.1 Å². The van der Waals surface area contributed by atoms with Gasteiger partial charge < -0.3 is 5.32 Å². The Morgan fingerprint density at radius 3 is 2.02 bits per heavy atom. The molecule has 0 atom stereocenters. The lowest BCUT2D eigenvalue weighted by Gasteiger charge is -2.24. The third-order valence-electron chi connectivity index (χ3n) is 5.93. The summed E-state index contributed by atoms with van der Waals surface area (Å²) in [5, 5.41) is 2.97. The Kier molecular flexibility index (Phi) is 8.74. The fourth-order valence-corrected chi connectivity index (χ4v) is 6.57. The highest BCUT2D eigenvalue weighted by Gasteiger charge is 2.28. The zero-order valence-corrected chi connectivity index (χ0v) is 24.6. The lowest BCUT2D eigenvalue weighted by atomic mass is 10.2. The largest absolute Gasteiger partial charge is 0.325 e. The molecular weight excluding hydrogens is 593 g/mol. The molecule has 1 amide bonds. The van der Waals surface area contributed by atoms with E-state index in [1.165, 1.54) is 54.6 Å². The number of halogens is 2. The fraction of sp³-hybridized carbons (Fsp3) is 0.107. The number of carbonyl (C=O) groups excluding carboxylic acids is 1. The minimum atomic E-state index is -4.16. The van der Waals surface area contributed by atoms with Crippen LogP contribution in [0.1, 0.15) is 11.1 Å². The van der Waals surface area contributed by atoms with Gasteiger partial charge in [-0.2, -0.15) is 0 Å². The number of amides is 1. The third kappa shape index (κ3) is 6.76. The maximum absolute atomic E-state index is 13.6. The molecule has 0 unspecified atom stereocenters. The summed E-state index contributed by atoms with van der Waals surface area (Å²) in [6, 6.07) is 23.0. The average Bonchev–Trinajstić information content (AvgIpc) is 2.91. The second-order valence-corrected chi connectivity index (χ2v) is 13.3. The average molecular weight is 619 g/mol. The van der Waals surface area contributed by atoms with Crippen LogP contribution in [0.15, 0.2) is 101 Å². The molecule has 8 nitrogen and oxygen atoms in total. The Hall–Kier alpha value is -3.57. The van der Waals surface area contributed by atoms with E-state index in [1.54, 1.807) is 43.3 Å². The van der Waals surface area contributed by atoms with Crippen molar-refractivity contribution < 1.29 is 21.6 Å². The monoisotopic (exact) mass is 617 g/mol. The number of nitrogens with one attached hydrogen (secondary N) is 2. The highest BCUT2D eigenvalue weighted by Crippen LogP contribution is 2.31. The predicted octanol–water partition coefficient (Wildman–Crippen LogP) is 6.25. The number of para-hydroxylation sites is 1. The quantitative estimate of drug-likeness (QED) is 0.231. The molecule has 0 bridgehead atoms. The van der Waals surface area contributed by atoms with Gasteiger partial charge in [-0.15, -0.1) is 0 Å². The van der Waals surface area contributed by atoms with Crippen molar-refractivity contribution >= 4 is 66.2 Å². The van der Waals surface area contributed by atoms with Gasteiger partial charge in [-0.1, -0.05) is 59.1 Å². The fourth-order valence-electron chi connectivity index (χ4n) is 3.73. The first kappa shape index (κ1) is 29.4. The number of benzene rings is 4. The van der Waals surface area contributed by atoms with Gasteiger partial charge in [0, 0.05) is 5.69 Å². The zero-order valence-electron chi connectivity index (χ0n) is 21.4. The third-order valence-corrected chi connectivity index (χ3v) is 9.83. The van der Waals surface area contributed by atoms with Gasteiger partial charge in [0.1, 0.15) is 6.54 Å². The van der Waals surface area contributed by atoms with E-state index in [2.05, 4.69) is 10.0 Å². The summed E-state index contributed by atoms with van der Waals surface area (Å²) in [4.78, 5) is 13.0. The van der Waals surface area contributed by atoms with Gasteiger partial charge in [0.25, 0.3) is 20.0 Å². The van der Waals surface area contributed by atoms with E-state index in [0.717, 1.165) is 15.4 Å². The van der Waals surface area contributed by atoms with Crippen molar-refractivity contribution in [2.24, 2.45) is 0 Å². The molecule has 0 aliphatic rings. The van der Waals surface area contributed by atoms with Gasteiger partial charge in [-0.05, 0) is 80.1 Å². The molecule has 4 rings (SSSR count). The number of nitrogens with zero attached hydrogens (tertiary/aromatic N) is 1. The van der Waals surface area contributed by atoms with Crippen LogP contribution < -0.4 is 14.3 Å². The van der Waals surface area contributed by atoms with Gasteiger partial charge in [-0.25, -0.2) is 16.8 Å². The lowest BCUT2D eigenvalue weighted by molar-refractivity contribution is -0.114. The van der Waals surface area contributed by atoms with E-state index in [9.17, 15) is 21.6 Å². The van der Waals surface area contributed by atoms with Gasteiger partial charge >= 0.3 is 0 Å². The molecule has 40 heavy (non-hydrogen) atoms. The molecule has 0 saturated heterocycles. The number of carbonyl (C=O) groups is 1. The van der Waals surface area contributed by atoms with E-state index in [-0.39, 0.29) is 31.2 Å². The summed E-state index contributed by atoms with van der Waals surface area (Å²) >= 11 is 12.2. The minimum absolute atomic E-state index is 0.00636. The standard InChI is InChI=1S/C28H25Cl2N3O5S2/c1-19-7-12-24(13-8-19)40(37,38)33(22-11-16-25(29)26(30)17-22)18-28(34)31-21-9-14-23(15-10-21)39(35,36)32-27-6-4-3-5-20(27)2/h3-17,32H,18H2,1-2H3,(H,31,34). The molecule has 0 aliphatic carbocycles. The predicted molar refractivity (Wildman–Crippen MR) is 159 cm³/mol. The van der Waals surface area contributed by atoms with Gasteiger partial charge in [0.15, 0.2) is 0 Å². The van der Waals surface area contributed by atoms with E-state index in [0.29, 0.717) is 5.69 Å². The number of sulfonamides is 2. The first-order valence-corrected chi connectivity index (χ1v) is 15.6. The summed E-state index contributed by atoms with van der Waals surface area (Å²) in [5.41, 5.74) is 2.52. The van der Waals surface area contributed by atoms with Crippen molar-refractivity contribution in [1.29, 1.82) is 0 Å². The van der Waals surface area contributed by atoms with Crippen molar-refractivity contribution in [3.05, 3.63) is 112 Å². The first-order valence-electron chi connectivity index (χ1n) is 11.9. The first-order chi connectivity index (χ1) is 18.9. The number of rotatable bonds is 9. The van der Waals surface area contributed by atoms with Crippen LogP contribution in [0.2, 0.25) is 10.0 Å². The van der Waals surface area contributed by atoms with Crippen molar-refractivity contribution in [3.8, 4) is 0 Å². The molecule has 0 heterocycles. The summed E-state index contributed by atoms with van der Waals surface area (Å²) in [6.45, 7) is 3.04. The zero-order chi connectivity index (χ0) is 29.1. The summed E-state index contributed by atoms with van der Waals surface area (Å²) < 4.78 is 56.2. The highest BCUT2D eigenvalue weighted by atomic mass is 35.5. The normalized spacial score (nSPS) is 11.6. The van der Waals surface area contributed by atoms with Gasteiger partial charge in [0.2, 0.25) is 5.91 Å². The summed E-state index contributed by atoms with van der Waals surface area (Å²) in [5.74, 6) is -0.657. The topological polar surface area (TPSA) is 113 Å². The van der Waals surface area contributed by atoms with E-state index < -0.39 is 32.5 Å². The minimum Gasteiger partial charge on any atom is -0.325 e. The Morgan fingerprint density at radius 1 is 0.775 bits per heavy atom. The second-order valence-electron chi connectivity index (χ2n) is 8.92. The molecule has 2 N–H and O–H groups in total. The molecule has 0 aromatic heterocycles. The highest BCUT2D eigenvalue weighted by molar-refractivity contribution is 7.93. The van der Waals surface area contributed by atoms with Gasteiger partial charge in [-0.3, -0.25) is 13.8 Å². The smallest absolute Gasteiger partial charge is 0.264 e. The molecule has 4 aromatic carbocycles. The van der Waals surface area contributed by atoms with Crippen LogP contribution in [0.3, 0.4) is 0 Å². The Labute approximate surface area is 243 Å². The molecule has 208 valence electrons. The Bertz CT molecular complexity index is 1760. The molecule has 0 saturated carbocycles. The van der Waals surface area contributed by atoms with Crippen molar-refractivity contribution in [3.63, 3.8) is 0 Å². The molecule has 0 fully saturated rings. The van der Waals surface area contributed by atoms with Crippen LogP contribution in [-0.4, -0.2) is 29.3 Å². The van der Waals surface area contributed by atoms with E-state index in [1.807, 2.05) is 6.92 Å². The number of hydrogen-bond acceptors (Lipinski definition) is 5. The van der Waals surface area contributed by atoms with E-state index in [4.69, 9.17) is 23.2 Å². The number of hydrogen-bond donors (Lipinski definition) is 2. The second kappa shape index (κ2) is 11.9. The van der Waals surface area contributed by atoms with Crippen LogP contribution in [0.5, 0.6) is 0 Å². The molecule has 4 aromatic rings. The maximum atomic E-state index is 13.6. The SMILES string of the molecule is Cc1ccc(S(=O)(=O)N(CC(=O)Nc2ccc(S(=O)(=O)Nc3ccccc3C)cc2)c2ccc(Cl)c(Cl)c2)cc1. The van der Waals surface area contributed by atoms with Crippen LogP contribution in [0, 0.1) is 13.8 Å². The summed E-state index contributed by atoms with van der Waals surface area (Å²) in [7, 11) is -8.03. The molecule has 0 radical (unpaired) electrons. The van der Waals surface area contributed by atoms with Crippen molar-refractivity contribution in [2.75, 3.05) is 20.9 Å².